The van der Waals surface area contributed by atoms with Gasteiger partial charge in [-0.2, -0.15) is 5.26 Å². The molecule has 0 spiro atoms. The number of hydrogen-bond acceptors (Lipinski definition) is 4. The summed E-state index contributed by atoms with van der Waals surface area (Å²) in [6.07, 6.45) is 0. The highest BCUT2D eigenvalue weighted by molar-refractivity contribution is 5.78. The van der Waals surface area contributed by atoms with Crippen LogP contribution >= 0.6 is 0 Å². The summed E-state index contributed by atoms with van der Waals surface area (Å²) in [6.45, 7) is 2.66. The molecule has 1 aliphatic rings. The first-order valence-corrected chi connectivity index (χ1v) is 6.43. The Morgan fingerprint density at radius 1 is 1.32 bits per heavy atom. The second kappa shape index (κ2) is 5.35. The van der Waals surface area contributed by atoms with Crippen molar-refractivity contribution in [1.82, 2.24) is 9.88 Å². The number of ether oxygens (including phenoxy) is 1. The Bertz CT molecular complexity index is 620. The lowest BCUT2D eigenvalue weighted by molar-refractivity contribution is 0.00839. The molecule has 1 aromatic carbocycles. The fourth-order valence-electron chi connectivity index (χ4n) is 2.35. The summed E-state index contributed by atoms with van der Waals surface area (Å²) in [5, 5.41) is 10.3. The zero-order chi connectivity index (χ0) is 13.1. The minimum absolute atomic E-state index is 0.165. The number of nitrogens with zero attached hydrogens (tertiary/aromatic N) is 3. The largest absolute Gasteiger partial charge is 0.377 e. The molecule has 19 heavy (non-hydrogen) atoms. The number of morpholine rings is 1. The number of pyridine rings is 1. The van der Waals surface area contributed by atoms with Crippen LogP contribution in [0.2, 0.25) is 0 Å². The predicted octanol–water partition coefficient (Wildman–Crippen LogP) is 1.96. The SMILES string of the molecule is N#C[C@@H]1COCCN1Cc1ccc2ccccc2n1. The van der Waals surface area contributed by atoms with Gasteiger partial charge in [-0.3, -0.25) is 9.88 Å². The van der Waals surface area contributed by atoms with Crippen LogP contribution in [0, 0.1) is 11.3 Å². The monoisotopic (exact) mass is 253 g/mol. The third kappa shape index (κ3) is 2.58. The lowest BCUT2D eigenvalue weighted by Gasteiger charge is -2.30. The van der Waals surface area contributed by atoms with Gasteiger partial charge in [-0.05, 0) is 12.1 Å². The summed E-state index contributed by atoms with van der Waals surface area (Å²) in [6, 6.07) is 14.3. The first-order chi connectivity index (χ1) is 9.36. The molecule has 4 heteroatoms. The van der Waals surface area contributed by atoms with Crippen molar-refractivity contribution < 1.29 is 4.74 Å². The van der Waals surface area contributed by atoms with E-state index >= 15 is 0 Å². The maximum absolute atomic E-state index is 9.12. The average molecular weight is 253 g/mol. The van der Waals surface area contributed by atoms with E-state index < -0.39 is 0 Å². The topological polar surface area (TPSA) is 49.1 Å². The Hall–Kier alpha value is -1.96. The third-order valence-electron chi connectivity index (χ3n) is 3.41. The molecule has 0 amide bonds. The Morgan fingerprint density at radius 2 is 2.21 bits per heavy atom. The molecule has 1 atom stereocenters. The van der Waals surface area contributed by atoms with Crippen molar-refractivity contribution in [3.05, 3.63) is 42.1 Å². The molecule has 2 heterocycles. The van der Waals surface area contributed by atoms with Gasteiger partial charge in [-0.1, -0.05) is 24.3 Å². The van der Waals surface area contributed by atoms with Crippen molar-refractivity contribution in [2.75, 3.05) is 19.8 Å². The Labute approximate surface area is 112 Å². The molecule has 0 saturated carbocycles. The quantitative estimate of drug-likeness (QED) is 0.821. The molecule has 0 aliphatic carbocycles. The van der Waals surface area contributed by atoms with Gasteiger partial charge in [0, 0.05) is 18.5 Å². The van der Waals surface area contributed by atoms with E-state index in [1.165, 1.54) is 0 Å². The highest BCUT2D eigenvalue weighted by Gasteiger charge is 2.22. The van der Waals surface area contributed by atoms with Crippen molar-refractivity contribution >= 4 is 10.9 Å². The van der Waals surface area contributed by atoms with E-state index in [4.69, 9.17) is 10.00 Å². The number of aromatic nitrogens is 1. The van der Waals surface area contributed by atoms with Crippen LogP contribution in [0.3, 0.4) is 0 Å². The molecular formula is C15H15N3O. The molecule has 3 rings (SSSR count). The highest BCUT2D eigenvalue weighted by Crippen LogP contribution is 2.15. The standard InChI is InChI=1S/C15H15N3O/c16-9-14-11-19-8-7-18(14)10-13-6-5-12-3-1-2-4-15(12)17-13/h1-6,14H,7-8,10-11H2/t14-/m1/s1. The van der Waals surface area contributed by atoms with E-state index in [0.29, 0.717) is 19.8 Å². The predicted molar refractivity (Wildman–Crippen MR) is 72.4 cm³/mol. The van der Waals surface area contributed by atoms with Crippen molar-refractivity contribution in [1.29, 1.82) is 5.26 Å². The van der Waals surface area contributed by atoms with Crippen LogP contribution in [0.25, 0.3) is 10.9 Å². The van der Waals surface area contributed by atoms with Crippen molar-refractivity contribution in [3.63, 3.8) is 0 Å². The van der Waals surface area contributed by atoms with Crippen molar-refractivity contribution in [2.24, 2.45) is 0 Å². The van der Waals surface area contributed by atoms with Crippen LogP contribution in [-0.2, 0) is 11.3 Å². The Balaban J connectivity index is 1.82. The third-order valence-corrected chi connectivity index (χ3v) is 3.41. The Morgan fingerprint density at radius 3 is 3.11 bits per heavy atom. The fourth-order valence-corrected chi connectivity index (χ4v) is 2.35. The molecule has 1 aromatic heterocycles. The molecule has 96 valence electrons. The zero-order valence-corrected chi connectivity index (χ0v) is 10.6. The van der Waals surface area contributed by atoms with Crippen molar-refractivity contribution in [2.45, 2.75) is 12.6 Å². The van der Waals surface area contributed by atoms with Gasteiger partial charge in [-0.25, -0.2) is 0 Å². The number of nitriles is 1. The molecule has 1 saturated heterocycles. The van der Waals surface area contributed by atoms with Crippen LogP contribution in [0.1, 0.15) is 5.69 Å². The van der Waals surface area contributed by atoms with E-state index in [1.807, 2.05) is 24.3 Å². The molecule has 0 radical (unpaired) electrons. The number of hydrogen-bond donors (Lipinski definition) is 0. The normalized spacial score (nSPS) is 20.3. The van der Waals surface area contributed by atoms with Crippen LogP contribution in [0.4, 0.5) is 0 Å². The van der Waals surface area contributed by atoms with Crippen LogP contribution < -0.4 is 0 Å². The summed E-state index contributed by atoms with van der Waals surface area (Å²) in [5.41, 5.74) is 2.00. The molecule has 0 unspecified atom stereocenters. The van der Waals surface area contributed by atoms with Gasteiger partial charge >= 0.3 is 0 Å². The molecule has 1 fully saturated rings. The summed E-state index contributed by atoms with van der Waals surface area (Å²) in [7, 11) is 0. The van der Waals surface area contributed by atoms with Gasteiger partial charge in [0.1, 0.15) is 6.04 Å². The number of rotatable bonds is 2. The minimum Gasteiger partial charge on any atom is -0.377 e. The molecule has 0 N–H and O–H groups in total. The molecule has 4 nitrogen and oxygen atoms in total. The van der Waals surface area contributed by atoms with Crippen LogP contribution in [0.5, 0.6) is 0 Å². The van der Waals surface area contributed by atoms with Gasteiger partial charge in [0.25, 0.3) is 0 Å². The van der Waals surface area contributed by atoms with Crippen LogP contribution in [0.15, 0.2) is 36.4 Å². The van der Waals surface area contributed by atoms with E-state index in [0.717, 1.165) is 23.1 Å². The second-order valence-electron chi connectivity index (χ2n) is 4.69. The summed E-state index contributed by atoms with van der Waals surface area (Å²) >= 11 is 0. The molecule has 2 aromatic rings. The zero-order valence-electron chi connectivity index (χ0n) is 10.6. The van der Waals surface area contributed by atoms with Gasteiger partial charge in [-0.15, -0.1) is 0 Å². The fraction of sp³-hybridized carbons (Fsp3) is 0.333. The van der Waals surface area contributed by atoms with E-state index in [9.17, 15) is 0 Å². The smallest absolute Gasteiger partial charge is 0.122 e. The first-order valence-electron chi connectivity index (χ1n) is 6.43. The van der Waals surface area contributed by atoms with E-state index in [-0.39, 0.29) is 6.04 Å². The number of benzene rings is 1. The minimum atomic E-state index is -0.165. The maximum Gasteiger partial charge on any atom is 0.122 e. The maximum atomic E-state index is 9.12. The van der Waals surface area contributed by atoms with E-state index in [2.05, 4.69) is 28.1 Å². The van der Waals surface area contributed by atoms with Gasteiger partial charge in [0.15, 0.2) is 0 Å². The summed E-state index contributed by atoms with van der Waals surface area (Å²) < 4.78 is 5.33. The van der Waals surface area contributed by atoms with E-state index in [1.54, 1.807) is 0 Å². The average Bonchev–Trinajstić information content (AvgIpc) is 2.48. The lowest BCUT2D eigenvalue weighted by Crippen LogP contribution is -2.44. The number of para-hydroxylation sites is 1. The van der Waals surface area contributed by atoms with Crippen LogP contribution in [-0.4, -0.2) is 35.7 Å². The first kappa shape index (κ1) is 12.1. The summed E-state index contributed by atoms with van der Waals surface area (Å²) in [5.74, 6) is 0. The van der Waals surface area contributed by atoms with Gasteiger partial charge in [0.05, 0.1) is 30.5 Å². The molecule has 0 bridgehead atoms. The van der Waals surface area contributed by atoms with Gasteiger partial charge in [0.2, 0.25) is 0 Å². The highest BCUT2D eigenvalue weighted by atomic mass is 16.5. The van der Waals surface area contributed by atoms with Crippen molar-refractivity contribution in [3.8, 4) is 6.07 Å². The Kier molecular flexibility index (Phi) is 3.41. The summed E-state index contributed by atoms with van der Waals surface area (Å²) in [4.78, 5) is 6.77. The number of fused-ring (bicyclic) bond motifs is 1. The van der Waals surface area contributed by atoms with Gasteiger partial charge < -0.3 is 4.74 Å². The second-order valence-corrected chi connectivity index (χ2v) is 4.69. The molecular weight excluding hydrogens is 238 g/mol. The molecule has 1 aliphatic heterocycles. The lowest BCUT2D eigenvalue weighted by atomic mass is 10.2.